The van der Waals surface area contributed by atoms with Gasteiger partial charge in [-0.1, -0.05) is 18.2 Å². The molecule has 3 aromatic rings. The van der Waals surface area contributed by atoms with E-state index < -0.39 is 5.91 Å². The van der Waals surface area contributed by atoms with Crippen LogP contribution in [-0.2, 0) is 9.47 Å². The second-order valence-corrected chi connectivity index (χ2v) is 9.84. The van der Waals surface area contributed by atoms with E-state index in [9.17, 15) is 9.90 Å². The third kappa shape index (κ3) is 5.53. The third-order valence-corrected chi connectivity index (χ3v) is 7.64. The molecule has 2 fully saturated rings. The Balaban J connectivity index is 1.36. The molecule has 2 saturated heterocycles. The van der Waals surface area contributed by atoms with Crippen molar-refractivity contribution < 1.29 is 19.4 Å². The molecule has 0 bridgehead atoms. The molecule has 4 N–H and O–H groups in total. The molecule has 2 aliphatic rings. The number of nitrogens with zero attached hydrogens (tertiary/aromatic N) is 3. The highest BCUT2D eigenvalue weighted by molar-refractivity contribution is 7.19. The van der Waals surface area contributed by atoms with Crippen molar-refractivity contribution in [3.8, 4) is 10.4 Å². The molecule has 0 saturated carbocycles. The van der Waals surface area contributed by atoms with Gasteiger partial charge in [0.05, 0.1) is 50.3 Å². The van der Waals surface area contributed by atoms with E-state index in [0.29, 0.717) is 29.6 Å². The fourth-order valence-corrected chi connectivity index (χ4v) is 5.65. The summed E-state index contributed by atoms with van der Waals surface area (Å²) < 4.78 is 10.9. The molecule has 1 amide bonds. The lowest BCUT2D eigenvalue weighted by atomic mass is 10.1. The van der Waals surface area contributed by atoms with Crippen LogP contribution in [0.3, 0.4) is 0 Å². The summed E-state index contributed by atoms with van der Waals surface area (Å²) in [6, 6.07) is 15.6. The van der Waals surface area contributed by atoms with Crippen LogP contribution < -0.4 is 16.0 Å². The molecule has 4 heterocycles. The smallest absolute Gasteiger partial charge is 0.251 e. The van der Waals surface area contributed by atoms with Crippen molar-refractivity contribution in [3.05, 3.63) is 59.8 Å². The first-order chi connectivity index (χ1) is 17.6. The number of hydrogen-bond acceptors (Lipinski definition) is 9. The summed E-state index contributed by atoms with van der Waals surface area (Å²) in [6.07, 6.45) is 0. The zero-order valence-corrected chi connectivity index (χ0v) is 20.9. The molecule has 1 atom stereocenters. The van der Waals surface area contributed by atoms with Crippen LogP contribution in [0.1, 0.15) is 22.1 Å². The van der Waals surface area contributed by atoms with Crippen molar-refractivity contribution in [1.29, 1.82) is 0 Å². The van der Waals surface area contributed by atoms with E-state index >= 15 is 0 Å². The molecule has 0 aliphatic carbocycles. The summed E-state index contributed by atoms with van der Waals surface area (Å²) in [6.45, 7) is 5.98. The van der Waals surface area contributed by atoms with Crippen molar-refractivity contribution in [2.75, 3.05) is 69.4 Å². The van der Waals surface area contributed by atoms with Gasteiger partial charge in [-0.2, -0.15) is 0 Å². The number of ether oxygens (including phenoxy) is 2. The second kappa shape index (κ2) is 11.4. The number of anilines is 3. The molecule has 0 spiro atoms. The maximum Gasteiger partial charge on any atom is 0.251 e. The number of amides is 1. The van der Waals surface area contributed by atoms with E-state index in [1.54, 1.807) is 0 Å². The van der Waals surface area contributed by atoms with Crippen LogP contribution in [0.5, 0.6) is 0 Å². The van der Waals surface area contributed by atoms with E-state index in [0.717, 1.165) is 61.2 Å². The molecule has 0 radical (unpaired) electrons. The molecule has 1 aromatic carbocycles. The molecular formula is C26H31N5O4S. The number of rotatable bonds is 8. The number of thiophene rings is 1. The average molecular weight is 510 g/mol. The Morgan fingerprint density at radius 2 is 1.75 bits per heavy atom. The first-order valence-electron chi connectivity index (χ1n) is 12.2. The van der Waals surface area contributed by atoms with Gasteiger partial charge in [0.1, 0.15) is 10.8 Å². The van der Waals surface area contributed by atoms with Crippen LogP contribution in [0, 0.1) is 0 Å². The lowest BCUT2D eigenvalue weighted by Gasteiger charge is -2.33. The van der Waals surface area contributed by atoms with Crippen molar-refractivity contribution in [1.82, 2.24) is 9.88 Å². The van der Waals surface area contributed by atoms with Crippen LogP contribution in [-0.4, -0.2) is 80.1 Å². The predicted octanol–water partition coefficient (Wildman–Crippen LogP) is 2.85. The van der Waals surface area contributed by atoms with E-state index in [1.165, 1.54) is 11.3 Å². The first-order valence-corrected chi connectivity index (χ1v) is 13.0. The topological polar surface area (TPSA) is 113 Å². The summed E-state index contributed by atoms with van der Waals surface area (Å²) in [5, 5.41) is 14.0. The highest BCUT2D eigenvalue weighted by Crippen LogP contribution is 2.37. The number of pyridine rings is 1. The van der Waals surface area contributed by atoms with Gasteiger partial charge in [0.2, 0.25) is 0 Å². The SMILES string of the molecule is NC(=O)c1cc(-c2ccc(N3CCOCC3)cc2)sc1Nc1cccc(C(CO)N2CCOCC2)n1. The molecule has 9 nitrogen and oxygen atoms in total. The molecule has 36 heavy (non-hydrogen) atoms. The number of aromatic nitrogens is 1. The summed E-state index contributed by atoms with van der Waals surface area (Å²) >= 11 is 1.46. The van der Waals surface area contributed by atoms with Gasteiger partial charge in [0, 0.05) is 36.7 Å². The maximum absolute atomic E-state index is 12.2. The molecule has 190 valence electrons. The molecule has 1 unspecified atom stereocenters. The van der Waals surface area contributed by atoms with Crippen LogP contribution in [0.15, 0.2) is 48.5 Å². The molecular weight excluding hydrogens is 478 g/mol. The Labute approximate surface area is 214 Å². The van der Waals surface area contributed by atoms with E-state index in [1.807, 2.05) is 24.3 Å². The van der Waals surface area contributed by atoms with Crippen molar-refractivity contribution >= 4 is 33.8 Å². The number of aliphatic hydroxyl groups is 1. The number of benzene rings is 1. The van der Waals surface area contributed by atoms with Crippen LogP contribution in [0.2, 0.25) is 0 Å². The highest BCUT2D eigenvalue weighted by Gasteiger charge is 2.24. The summed E-state index contributed by atoms with van der Waals surface area (Å²) in [5.74, 6) is 0.0976. The average Bonchev–Trinajstić information content (AvgIpc) is 3.35. The Hall–Kier alpha value is -3.02. The lowest BCUT2D eigenvalue weighted by Crippen LogP contribution is -2.40. The monoisotopic (exact) mass is 509 g/mol. The summed E-state index contributed by atoms with van der Waals surface area (Å²) in [4.78, 5) is 22.4. The maximum atomic E-state index is 12.2. The second-order valence-electron chi connectivity index (χ2n) is 8.78. The number of carbonyl (C=O) groups is 1. The number of primary amides is 1. The fourth-order valence-electron chi connectivity index (χ4n) is 4.58. The van der Waals surface area contributed by atoms with Gasteiger partial charge in [-0.15, -0.1) is 11.3 Å². The summed E-state index contributed by atoms with van der Waals surface area (Å²) in [7, 11) is 0. The number of hydrogen-bond donors (Lipinski definition) is 3. The lowest BCUT2D eigenvalue weighted by molar-refractivity contribution is 0.00158. The Bertz CT molecular complexity index is 1170. The number of carbonyl (C=O) groups excluding carboxylic acids is 1. The third-order valence-electron chi connectivity index (χ3n) is 6.54. The van der Waals surface area contributed by atoms with Crippen LogP contribution in [0.25, 0.3) is 10.4 Å². The van der Waals surface area contributed by atoms with Gasteiger partial charge in [-0.05, 0) is 35.9 Å². The summed E-state index contributed by atoms with van der Waals surface area (Å²) in [5.41, 5.74) is 9.08. The zero-order valence-electron chi connectivity index (χ0n) is 20.1. The largest absolute Gasteiger partial charge is 0.394 e. The fraction of sp³-hybridized carbons (Fsp3) is 0.385. The highest BCUT2D eigenvalue weighted by atomic mass is 32.1. The van der Waals surface area contributed by atoms with Gasteiger partial charge < -0.3 is 30.5 Å². The van der Waals surface area contributed by atoms with Crippen molar-refractivity contribution in [2.24, 2.45) is 5.73 Å². The van der Waals surface area contributed by atoms with Crippen molar-refractivity contribution in [2.45, 2.75) is 6.04 Å². The minimum absolute atomic E-state index is 0.0351. The number of nitrogens with two attached hydrogens (primary N) is 1. The normalized spacial score (nSPS) is 17.6. The van der Waals surface area contributed by atoms with Crippen LogP contribution >= 0.6 is 11.3 Å². The van der Waals surface area contributed by atoms with E-state index in [-0.39, 0.29) is 12.6 Å². The minimum Gasteiger partial charge on any atom is -0.394 e. The molecule has 10 heteroatoms. The van der Waals surface area contributed by atoms with Crippen LogP contribution in [0.4, 0.5) is 16.5 Å². The Morgan fingerprint density at radius 1 is 1.06 bits per heavy atom. The van der Waals surface area contributed by atoms with E-state index in [4.69, 9.17) is 20.2 Å². The Kier molecular flexibility index (Phi) is 7.78. The van der Waals surface area contributed by atoms with E-state index in [2.05, 4.69) is 39.4 Å². The zero-order chi connectivity index (χ0) is 24.9. The Morgan fingerprint density at radius 3 is 2.42 bits per heavy atom. The van der Waals surface area contributed by atoms with Gasteiger partial charge in [0.15, 0.2) is 0 Å². The predicted molar refractivity (Wildman–Crippen MR) is 141 cm³/mol. The van der Waals surface area contributed by atoms with Gasteiger partial charge in [-0.25, -0.2) is 4.98 Å². The molecule has 5 rings (SSSR count). The van der Waals surface area contributed by atoms with Crippen molar-refractivity contribution in [3.63, 3.8) is 0 Å². The molecule has 2 aliphatic heterocycles. The standard InChI is InChI=1S/C26H31N5O4S/c27-25(33)20-16-23(18-4-6-19(7-5-18)30-8-12-34-13-9-30)36-26(20)29-24-3-1-2-21(28-24)22(17-32)31-10-14-35-15-11-31/h1-7,16,22,32H,8-15,17H2,(H2,27,33)(H,28,29). The van der Waals surface area contributed by atoms with Gasteiger partial charge in [0.25, 0.3) is 5.91 Å². The van der Waals surface area contributed by atoms with Gasteiger partial charge in [-0.3, -0.25) is 9.69 Å². The number of morpholine rings is 2. The number of aliphatic hydroxyl groups excluding tert-OH is 1. The minimum atomic E-state index is -0.498. The first kappa shape index (κ1) is 24.7. The quantitative estimate of drug-likeness (QED) is 0.425. The number of nitrogens with one attached hydrogen (secondary N) is 1. The van der Waals surface area contributed by atoms with Gasteiger partial charge >= 0.3 is 0 Å². The molecule has 2 aromatic heterocycles.